The summed E-state index contributed by atoms with van der Waals surface area (Å²) < 4.78 is 4.94. The monoisotopic (exact) mass is 394 g/mol. The van der Waals surface area contributed by atoms with E-state index in [1.165, 1.54) is 23.1 Å². The highest BCUT2D eigenvalue weighted by molar-refractivity contribution is 6.35. The van der Waals surface area contributed by atoms with Crippen LogP contribution in [0.4, 0.5) is 5.69 Å². The van der Waals surface area contributed by atoms with Gasteiger partial charge in [0.15, 0.2) is 6.61 Å². The lowest BCUT2D eigenvalue weighted by Gasteiger charge is -2.11. The molecule has 0 aliphatic heterocycles. The maximum atomic E-state index is 12.0. The molecule has 0 aliphatic carbocycles. The third-order valence-electron chi connectivity index (χ3n) is 3.30. The summed E-state index contributed by atoms with van der Waals surface area (Å²) in [7, 11) is 3.30. The Bertz CT molecular complexity index is 836. The molecule has 0 aromatic heterocycles. The number of ether oxygens (including phenoxy) is 1. The molecule has 1 N–H and O–H groups in total. The van der Waals surface area contributed by atoms with Crippen LogP contribution < -0.4 is 5.32 Å². The molecule has 0 spiro atoms. The average molecular weight is 395 g/mol. The Kier molecular flexibility index (Phi) is 6.60. The van der Waals surface area contributed by atoms with Crippen molar-refractivity contribution >= 4 is 46.7 Å². The first kappa shape index (κ1) is 19.8. The zero-order valence-corrected chi connectivity index (χ0v) is 15.6. The number of esters is 1. The molecule has 0 saturated heterocycles. The summed E-state index contributed by atoms with van der Waals surface area (Å²) in [5.41, 5.74) is 1.05. The Morgan fingerprint density at radius 1 is 1.04 bits per heavy atom. The Morgan fingerprint density at radius 3 is 2.31 bits per heavy atom. The van der Waals surface area contributed by atoms with E-state index in [-0.39, 0.29) is 16.5 Å². The predicted molar refractivity (Wildman–Crippen MR) is 99.8 cm³/mol. The van der Waals surface area contributed by atoms with Crippen molar-refractivity contribution in [3.8, 4) is 0 Å². The molecule has 0 aliphatic rings. The zero-order valence-electron chi connectivity index (χ0n) is 14.1. The Labute approximate surface area is 160 Å². The quantitative estimate of drug-likeness (QED) is 0.787. The molecular weight excluding hydrogens is 379 g/mol. The van der Waals surface area contributed by atoms with Crippen molar-refractivity contribution in [2.24, 2.45) is 0 Å². The molecule has 136 valence electrons. The summed E-state index contributed by atoms with van der Waals surface area (Å²) in [4.78, 5) is 37.1. The maximum absolute atomic E-state index is 12.0. The molecule has 6 nitrogen and oxygen atoms in total. The Balaban J connectivity index is 1.91. The molecule has 0 radical (unpaired) electrons. The molecule has 2 rings (SSSR count). The van der Waals surface area contributed by atoms with Gasteiger partial charge in [0.05, 0.1) is 10.6 Å². The zero-order chi connectivity index (χ0) is 19.3. The van der Waals surface area contributed by atoms with Crippen LogP contribution in [-0.2, 0) is 9.53 Å². The van der Waals surface area contributed by atoms with Crippen molar-refractivity contribution in [3.05, 3.63) is 63.6 Å². The van der Waals surface area contributed by atoms with Crippen LogP contribution in [0.5, 0.6) is 0 Å². The fraction of sp³-hybridized carbons (Fsp3) is 0.167. The van der Waals surface area contributed by atoms with Crippen molar-refractivity contribution in [1.82, 2.24) is 4.90 Å². The number of hydrogen-bond donors (Lipinski definition) is 1. The summed E-state index contributed by atoms with van der Waals surface area (Å²) in [6.45, 7) is -0.486. The second kappa shape index (κ2) is 8.69. The summed E-state index contributed by atoms with van der Waals surface area (Å²) in [5.74, 6) is -1.42. The van der Waals surface area contributed by atoms with Crippen molar-refractivity contribution in [2.75, 3.05) is 26.0 Å². The van der Waals surface area contributed by atoms with Crippen LogP contribution in [0.1, 0.15) is 20.7 Å². The van der Waals surface area contributed by atoms with Gasteiger partial charge in [-0.05, 0) is 42.5 Å². The number of halogens is 2. The van der Waals surface area contributed by atoms with Crippen LogP contribution in [0.3, 0.4) is 0 Å². The Morgan fingerprint density at radius 2 is 1.69 bits per heavy atom. The largest absolute Gasteiger partial charge is 0.452 e. The summed E-state index contributed by atoms with van der Waals surface area (Å²) in [6, 6.07) is 10.7. The second-order valence-electron chi connectivity index (χ2n) is 5.53. The normalized spacial score (nSPS) is 10.2. The summed E-state index contributed by atoms with van der Waals surface area (Å²) >= 11 is 11.7. The summed E-state index contributed by atoms with van der Waals surface area (Å²) in [6.07, 6.45) is 0. The number of nitrogens with zero attached hydrogens (tertiary/aromatic N) is 1. The van der Waals surface area contributed by atoms with Gasteiger partial charge in [-0.15, -0.1) is 0 Å². The van der Waals surface area contributed by atoms with Crippen LogP contribution in [0, 0.1) is 0 Å². The molecule has 8 heteroatoms. The van der Waals surface area contributed by atoms with Gasteiger partial charge in [-0.2, -0.15) is 0 Å². The average Bonchev–Trinajstić information content (AvgIpc) is 2.61. The highest BCUT2D eigenvalue weighted by atomic mass is 35.5. The topological polar surface area (TPSA) is 75.7 Å². The molecule has 0 bridgehead atoms. The lowest BCUT2D eigenvalue weighted by molar-refractivity contribution is -0.119. The molecule has 26 heavy (non-hydrogen) atoms. The minimum atomic E-state index is -0.750. The molecule has 0 unspecified atom stereocenters. The van der Waals surface area contributed by atoms with E-state index in [0.29, 0.717) is 16.3 Å². The number of rotatable bonds is 5. The van der Waals surface area contributed by atoms with Crippen molar-refractivity contribution in [3.63, 3.8) is 0 Å². The smallest absolute Gasteiger partial charge is 0.340 e. The molecule has 0 saturated carbocycles. The van der Waals surface area contributed by atoms with Crippen molar-refractivity contribution in [2.45, 2.75) is 0 Å². The van der Waals surface area contributed by atoms with E-state index in [0.717, 1.165) is 0 Å². The third kappa shape index (κ3) is 5.21. The van der Waals surface area contributed by atoms with Gasteiger partial charge in [-0.25, -0.2) is 4.79 Å². The first-order valence-electron chi connectivity index (χ1n) is 7.51. The highest BCUT2D eigenvalue weighted by Gasteiger charge is 2.15. The second-order valence-corrected chi connectivity index (χ2v) is 6.37. The Hall–Kier alpha value is -2.57. The van der Waals surface area contributed by atoms with Gasteiger partial charge in [0.1, 0.15) is 0 Å². The minimum absolute atomic E-state index is 0.0820. The van der Waals surface area contributed by atoms with E-state index in [1.54, 1.807) is 38.4 Å². The molecule has 2 aromatic rings. The fourth-order valence-corrected chi connectivity index (χ4v) is 2.38. The van der Waals surface area contributed by atoms with E-state index in [9.17, 15) is 14.4 Å². The number of carbonyl (C=O) groups is 3. The van der Waals surface area contributed by atoms with Gasteiger partial charge in [-0.1, -0.05) is 23.2 Å². The van der Waals surface area contributed by atoms with Gasteiger partial charge in [0, 0.05) is 30.4 Å². The number of hydrogen-bond acceptors (Lipinski definition) is 4. The SMILES string of the molecule is CN(C)C(=O)c1ccc(NC(=O)COC(=O)c2cc(Cl)ccc2Cl)cc1. The van der Waals surface area contributed by atoms with Crippen molar-refractivity contribution in [1.29, 1.82) is 0 Å². The lowest BCUT2D eigenvalue weighted by Crippen LogP contribution is -2.22. The van der Waals surface area contributed by atoms with Crippen LogP contribution in [0.15, 0.2) is 42.5 Å². The third-order valence-corrected chi connectivity index (χ3v) is 3.87. The number of nitrogens with one attached hydrogen (secondary N) is 1. The molecular formula is C18H16Cl2N2O4. The number of carbonyl (C=O) groups excluding carboxylic acids is 3. The van der Waals surface area contributed by atoms with Gasteiger partial charge in [0.25, 0.3) is 11.8 Å². The first-order chi connectivity index (χ1) is 12.3. The highest BCUT2D eigenvalue weighted by Crippen LogP contribution is 2.21. The van der Waals surface area contributed by atoms with Gasteiger partial charge in [0.2, 0.25) is 0 Å². The number of anilines is 1. The van der Waals surface area contributed by atoms with E-state index in [2.05, 4.69) is 5.32 Å². The van der Waals surface area contributed by atoms with Crippen LogP contribution >= 0.6 is 23.2 Å². The molecule has 0 heterocycles. The summed E-state index contributed by atoms with van der Waals surface area (Å²) in [5, 5.41) is 3.08. The molecule has 2 amide bonds. The number of amides is 2. The van der Waals surface area contributed by atoms with Crippen LogP contribution in [-0.4, -0.2) is 43.4 Å². The van der Waals surface area contributed by atoms with E-state index in [1.807, 2.05) is 0 Å². The van der Waals surface area contributed by atoms with Gasteiger partial charge >= 0.3 is 5.97 Å². The van der Waals surface area contributed by atoms with Crippen molar-refractivity contribution < 1.29 is 19.1 Å². The first-order valence-corrected chi connectivity index (χ1v) is 8.27. The maximum Gasteiger partial charge on any atom is 0.340 e. The van der Waals surface area contributed by atoms with Crippen LogP contribution in [0.2, 0.25) is 10.0 Å². The van der Waals surface area contributed by atoms with E-state index in [4.69, 9.17) is 27.9 Å². The molecule has 0 atom stereocenters. The van der Waals surface area contributed by atoms with E-state index >= 15 is 0 Å². The van der Waals surface area contributed by atoms with Crippen LogP contribution in [0.25, 0.3) is 0 Å². The molecule has 2 aromatic carbocycles. The lowest BCUT2D eigenvalue weighted by atomic mass is 10.2. The standard InChI is InChI=1S/C18H16Cl2N2O4/c1-22(2)17(24)11-3-6-13(7-4-11)21-16(23)10-26-18(25)14-9-12(19)5-8-15(14)20/h3-9H,10H2,1-2H3,(H,21,23). The van der Waals surface area contributed by atoms with E-state index < -0.39 is 18.5 Å². The number of benzene rings is 2. The van der Waals surface area contributed by atoms with Gasteiger partial charge in [-0.3, -0.25) is 9.59 Å². The van der Waals surface area contributed by atoms with Gasteiger partial charge < -0.3 is 15.0 Å². The fourth-order valence-electron chi connectivity index (χ4n) is 2.01. The molecule has 0 fully saturated rings. The predicted octanol–water partition coefficient (Wildman–Crippen LogP) is 3.49. The minimum Gasteiger partial charge on any atom is -0.452 e.